The van der Waals surface area contributed by atoms with Gasteiger partial charge >= 0.3 is 5.97 Å². The average molecular weight is 392 g/mol. The Morgan fingerprint density at radius 1 is 1.14 bits per heavy atom. The highest BCUT2D eigenvalue weighted by Crippen LogP contribution is 2.21. The van der Waals surface area contributed by atoms with Crippen LogP contribution in [0.4, 0.5) is 0 Å². The molecule has 0 unspecified atom stereocenters. The molecular formula is C21H20N4O4. The summed E-state index contributed by atoms with van der Waals surface area (Å²) >= 11 is 0. The van der Waals surface area contributed by atoms with Gasteiger partial charge in [-0.3, -0.25) is 9.89 Å². The first kappa shape index (κ1) is 19.8. The highest BCUT2D eigenvalue weighted by atomic mass is 16.5. The first-order valence-electron chi connectivity index (χ1n) is 8.91. The maximum Gasteiger partial charge on any atom is 0.337 e. The Balaban J connectivity index is 1.60. The fourth-order valence-corrected chi connectivity index (χ4v) is 2.52. The topological polar surface area (TPSA) is 106 Å². The van der Waals surface area contributed by atoms with Crippen LogP contribution in [0.2, 0.25) is 0 Å². The molecule has 8 heteroatoms. The van der Waals surface area contributed by atoms with Crippen LogP contribution in [-0.2, 0) is 4.74 Å². The Labute approximate surface area is 167 Å². The van der Waals surface area contributed by atoms with Gasteiger partial charge in [0.15, 0.2) is 0 Å². The number of carbonyl (C=O) groups excluding carboxylic acids is 2. The second-order valence-corrected chi connectivity index (χ2v) is 5.94. The Morgan fingerprint density at radius 3 is 2.52 bits per heavy atom. The summed E-state index contributed by atoms with van der Waals surface area (Å²) in [4.78, 5) is 23.6. The molecule has 2 aromatic carbocycles. The number of H-pyrrole nitrogens is 1. The van der Waals surface area contributed by atoms with Crippen molar-refractivity contribution in [3.8, 4) is 17.0 Å². The second kappa shape index (κ2) is 9.32. The molecule has 148 valence electrons. The van der Waals surface area contributed by atoms with E-state index in [2.05, 4.69) is 25.5 Å². The molecule has 0 saturated carbocycles. The SMILES string of the molecule is CCOc1ccc(-c2cc(C(=O)NN=Cc3ccc(C(=O)OC)cc3)[nH]n2)cc1. The number of esters is 1. The number of nitrogens with zero attached hydrogens (tertiary/aromatic N) is 2. The number of hydrazone groups is 1. The molecule has 3 rings (SSSR count). The Morgan fingerprint density at radius 2 is 1.86 bits per heavy atom. The quantitative estimate of drug-likeness (QED) is 0.365. The number of ether oxygens (including phenoxy) is 2. The van der Waals surface area contributed by atoms with Crippen LogP contribution >= 0.6 is 0 Å². The molecule has 0 atom stereocenters. The van der Waals surface area contributed by atoms with Crippen molar-refractivity contribution in [3.63, 3.8) is 0 Å². The molecule has 1 aromatic heterocycles. The van der Waals surface area contributed by atoms with E-state index in [1.165, 1.54) is 13.3 Å². The van der Waals surface area contributed by atoms with Gasteiger partial charge in [0.2, 0.25) is 0 Å². The maximum absolute atomic E-state index is 12.2. The molecule has 0 fully saturated rings. The number of hydrogen-bond acceptors (Lipinski definition) is 6. The van der Waals surface area contributed by atoms with Crippen LogP contribution in [0.15, 0.2) is 59.7 Å². The van der Waals surface area contributed by atoms with Gasteiger partial charge in [-0.15, -0.1) is 0 Å². The number of amides is 1. The van der Waals surface area contributed by atoms with Crippen LogP contribution in [0, 0.1) is 0 Å². The number of nitrogens with one attached hydrogen (secondary N) is 2. The largest absolute Gasteiger partial charge is 0.494 e. The first-order valence-corrected chi connectivity index (χ1v) is 8.91. The lowest BCUT2D eigenvalue weighted by atomic mass is 10.1. The third kappa shape index (κ3) is 5.07. The lowest BCUT2D eigenvalue weighted by molar-refractivity contribution is 0.0600. The van der Waals surface area contributed by atoms with E-state index in [0.717, 1.165) is 16.9 Å². The molecule has 1 heterocycles. The van der Waals surface area contributed by atoms with Crippen molar-refractivity contribution in [1.82, 2.24) is 15.6 Å². The van der Waals surface area contributed by atoms with Crippen molar-refractivity contribution in [1.29, 1.82) is 0 Å². The second-order valence-electron chi connectivity index (χ2n) is 5.94. The molecule has 0 spiro atoms. The van der Waals surface area contributed by atoms with E-state index in [0.29, 0.717) is 17.9 Å². The lowest BCUT2D eigenvalue weighted by Crippen LogP contribution is -2.18. The highest BCUT2D eigenvalue weighted by molar-refractivity contribution is 5.94. The van der Waals surface area contributed by atoms with Gasteiger partial charge in [-0.1, -0.05) is 12.1 Å². The van der Waals surface area contributed by atoms with Crippen LogP contribution in [0.1, 0.15) is 33.3 Å². The molecule has 0 aliphatic heterocycles. The van der Waals surface area contributed by atoms with Crippen molar-refractivity contribution in [2.24, 2.45) is 5.10 Å². The summed E-state index contributed by atoms with van der Waals surface area (Å²) in [7, 11) is 1.32. The number of benzene rings is 2. The normalized spacial score (nSPS) is 10.7. The minimum atomic E-state index is -0.419. The molecule has 3 aromatic rings. The van der Waals surface area contributed by atoms with Crippen molar-refractivity contribution < 1.29 is 19.1 Å². The van der Waals surface area contributed by atoms with E-state index in [1.807, 2.05) is 31.2 Å². The van der Waals surface area contributed by atoms with E-state index >= 15 is 0 Å². The van der Waals surface area contributed by atoms with Gasteiger partial charge < -0.3 is 9.47 Å². The van der Waals surface area contributed by atoms with E-state index in [4.69, 9.17) is 4.74 Å². The summed E-state index contributed by atoms with van der Waals surface area (Å²) in [6, 6.07) is 15.7. The third-order valence-electron chi connectivity index (χ3n) is 4.00. The van der Waals surface area contributed by atoms with E-state index in [-0.39, 0.29) is 5.69 Å². The molecule has 8 nitrogen and oxygen atoms in total. The zero-order valence-corrected chi connectivity index (χ0v) is 16.0. The van der Waals surface area contributed by atoms with Crippen LogP contribution in [-0.4, -0.2) is 42.0 Å². The van der Waals surface area contributed by atoms with Gasteiger partial charge in [0.1, 0.15) is 11.4 Å². The van der Waals surface area contributed by atoms with Crippen molar-refractivity contribution in [2.45, 2.75) is 6.92 Å². The van der Waals surface area contributed by atoms with Gasteiger partial charge in [0.25, 0.3) is 5.91 Å². The van der Waals surface area contributed by atoms with Crippen molar-refractivity contribution in [2.75, 3.05) is 13.7 Å². The third-order valence-corrected chi connectivity index (χ3v) is 4.00. The Bertz CT molecular complexity index is 1010. The van der Waals surface area contributed by atoms with E-state index < -0.39 is 11.9 Å². The standard InChI is InChI=1S/C21H20N4O4/c1-3-29-17-10-8-15(9-11-17)18-12-19(24-23-18)20(26)25-22-13-14-4-6-16(7-5-14)21(27)28-2/h4-13H,3H2,1-2H3,(H,23,24)(H,25,26). The molecule has 0 radical (unpaired) electrons. The predicted octanol–water partition coefficient (Wildman–Crippen LogP) is 3.03. The molecule has 0 aliphatic rings. The summed E-state index contributed by atoms with van der Waals surface area (Å²) < 4.78 is 10.1. The number of hydrogen-bond donors (Lipinski definition) is 2. The van der Waals surface area contributed by atoms with Crippen molar-refractivity contribution in [3.05, 3.63) is 71.4 Å². The summed E-state index contributed by atoms with van der Waals surface area (Å²) in [6.07, 6.45) is 1.47. The monoisotopic (exact) mass is 392 g/mol. The highest BCUT2D eigenvalue weighted by Gasteiger charge is 2.10. The summed E-state index contributed by atoms with van der Waals surface area (Å²) in [5.74, 6) is -0.0554. The Hall–Kier alpha value is -3.94. The van der Waals surface area contributed by atoms with Gasteiger partial charge in [-0.2, -0.15) is 10.2 Å². The molecule has 29 heavy (non-hydrogen) atoms. The van der Waals surface area contributed by atoms with Crippen LogP contribution < -0.4 is 10.2 Å². The molecule has 0 bridgehead atoms. The van der Waals surface area contributed by atoms with Crippen LogP contribution in [0.25, 0.3) is 11.3 Å². The molecule has 0 aliphatic carbocycles. The molecular weight excluding hydrogens is 372 g/mol. The van der Waals surface area contributed by atoms with Crippen LogP contribution in [0.3, 0.4) is 0 Å². The molecule has 1 amide bonds. The predicted molar refractivity (Wildman–Crippen MR) is 108 cm³/mol. The smallest absolute Gasteiger partial charge is 0.337 e. The fourth-order valence-electron chi connectivity index (χ4n) is 2.52. The average Bonchev–Trinajstić information content (AvgIpc) is 3.25. The van der Waals surface area contributed by atoms with E-state index in [1.54, 1.807) is 30.3 Å². The first-order chi connectivity index (χ1) is 14.1. The number of aromatic nitrogens is 2. The number of methoxy groups -OCH3 is 1. The van der Waals surface area contributed by atoms with Crippen LogP contribution in [0.5, 0.6) is 5.75 Å². The van der Waals surface area contributed by atoms with Gasteiger partial charge in [0.05, 0.1) is 31.2 Å². The number of aromatic amines is 1. The number of rotatable bonds is 7. The summed E-state index contributed by atoms with van der Waals surface area (Å²) in [5.41, 5.74) is 5.38. The summed E-state index contributed by atoms with van der Waals surface area (Å²) in [6.45, 7) is 2.52. The Kier molecular flexibility index (Phi) is 6.36. The zero-order chi connectivity index (χ0) is 20.6. The van der Waals surface area contributed by atoms with Gasteiger partial charge in [-0.25, -0.2) is 10.2 Å². The molecule has 2 N–H and O–H groups in total. The minimum absolute atomic E-state index is 0.284. The fraction of sp³-hybridized carbons (Fsp3) is 0.143. The van der Waals surface area contributed by atoms with Gasteiger partial charge in [-0.05, 0) is 55.0 Å². The summed E-state index contributed by atoms with van der Waals surface area (Å²) in [5, 5.41) is 10.8. The minimum Gasteiger partial charge on any atom is -0.494 e. The molecule has 0 saturated heterocycles. The lowest BCUT2D eigenvalue weighted by Gasteiger charge is -2.02. The van der Waals surface area contributed by atoms with Crippen molar-refractivity contribution >= 4 is 18.1 Å². The number of carbonyl (C=O) groups is 2. The van der Waals surface area contributed by atoms with E-state index in [9.17, 15) is 9.59 Å². The zero-order valence-electron chi connectivity index (χ0n) is 16.0. The van der Waals surface area contributed by atoms with Gasteiger partial charge in [0, 0.05) is 5.56 Å². The maximum atomic E-state index is 12.2.